The largest absolute Gasteiger partial charge is 0.378 e. The molecule has 1 saturated heterocycles. The Labute approximate surface area is 123 Å². The number of amides is 1. The zero-order valence-corrected chi connectivity index (χ0v) is 12.2. The summed E-state index contributed by atoms with van der Waals surface area (Å²) in [6.45, 7) is 1.54. The van der Waals surface area contributed by atoms with Gasteiger partial charge in [-0.3, -0.25) is 4.79 Å². The van der Waals surface area contributed by atoms with E-state index in [1.165, 1.54) is 24.3 Å². The van der Waals surface area contributed by atoms with Crippen LogP contribution < -0.4 is 15.8 Å². The standard InChI is InChI=1S/C11H15N3O4S.ClH/c12-19(16,17)9-3-1-8(2-4-9)14-11(15)10-7-18-6-5-13-10;/h1-4,10,13H,5-7H2,(H,14,15)(H2,12,16,17);1H. The van der Waals surface area contributed by atoms with E-state index in [0.29, 0.717) is 25.4 Å². The number of primary sulfonamides is 1. The quantitative estimate of drug-likeness (QED) is 0.707. The molecule has 9 heteroatoms. The van der Waals surface area contributed by atoms with Crippen molar-refractivity contribution in [3.63, 3.8) is 0 Å². The number of nitrogens with one attached hydrogen (secondary N) is 2. The van der Waals surface area contributed by atoms with Crippen LogP contribution in [0.4, 0.5) is 5.69 Å². The van der Waals surface area contributed by atoms with Crippen LogP contribution in [0.15, 0.2) is 29.2 Å². The van der Waals surface area contributed by atoms with Gasteiger partial charge in [-0.15, -0.1) is 12.4 Å². The Morgan fingerprint density at radius 3 is 2.50 bits per heavy atom. The number of hydrogen-bond donors (Lipinski definition) is 3. The molecule has 4 N–H and O–H groups in total. The summed E-state index contributed by atoms with van der Waals surface area (Å²) in [5, 5.41) is 10.7. The summed E-state index contributed by atoms with van der Waals surface area (Å²) in [5.74, 6) is -0.219. The van der Waals surface area contributed by atoms with Crippen LogP contribution in [0.5, 0.6) is 0 Å². The number of benzene rings is 1. The van der Waals surface area contributed by atoms with Gasteiger partial charge >= 0.3 is 0 Å². The summed E-state index contributed by atoms with van der Waals surface area (Å²) >= 11 is 0. The molecule has 1 heterocycles. The van der Waals surface area contributed by atoms with Crippen molar-refractivity contribution in [1.82, 2.24) is 5.32 Å². The minimum absolute atomic E-state index is 0. The predicted octanol–water partition coefficient (Wildman–Crippen LogP) is -0.317. The molecule has 1 aliphatic rings. The number of rotatable bonds is 3. The van der Waals surface area contributed by atoms with Gasteiger partial charge in [-0.2, -0.15) is 0 Å². The first kappa shape index (κ1) is 16.9. The number of sulfonamides is 1. The molecule has 1 amide bonds. The van der Waals surface area contributed by atoms with E-state index in [0.717, 1.165) is 0 Å². The first-order chi connectivity index (χ1) is 8.97. The van der Waals surface area contributed by atoms with E-state index in [4.69, 9.17) is 9.88 Å². The van der Waals surface area contributed by atoms with Crippen LogP contribution in [0.2, 0.25) is 0 Å². The van der Waals surface area contributed by atoms with E-state index < -0.39 is 16.1 Å². The van der Waals surface area contributed by atoms with Gasteiger partial charge in [0.25, 0.3) is 0 Å². The van der Waals surface area contributed by atoms with E-state index >= 15 is 0 Å². The monoisotopic (exact) mass is 321 g/mol. The average Bonchev–Trinajstić information content (AvgIpc) is 2.39. The molecule has 7 nitrogen and oxygen atoms in total. The van der Waals surface area contributed by atoms with Crippen molar-refractivity contribution < 1.29 is 17.9 Å². The highest BCUT2D eigenvalue weighted by Crippen LogP contribution is 2.13. The summed E-state index contributed by atoms with van der Waals surface area (Å²) in [7, 11) is -3.71. The van der Waals surface area contributed by atoms with E-state index in [9.17, 15) is 13.2 Å². The Hall–Kier alpha value is -1.19. The molecule has 0 aliphatic carbocycles. The van der Waals surface area contributed by atoms with Crippen molar-refractivity contribution in [3.05, 3.63) is 24.3 Å². The predicted molar refractivity (Wildman–Crippen MR) is 76.3 cm³/mol. The Bertz CT molecular complexity index is 556. The van der Waals surface area contributed by atoms with Crippen LogP contribution in [0.3, 0.4) is 0 Å². The van der Waals surface area contributed by atoms with Gasteiger partial charge in [0.05, 0.1) is 18.1 Å². The normalized spacial score (nSPS) is 18.9. The second-order valence-corrected chi connectivity index (χ2v) is 5.70. The average molecular weight is 322 g/mol. The van der Waals surface area contributed by atoms with Gasteiger partial charge in [-0.1, -0.05) is 0 Å². The lowest BCUT2D eigenvalue weighted by atomic mass is 10.2. The third kappa shape index (κ3) is 4.43. The van der Waals surface area contributed by atoms with E-state index in [-0.39, 0.29) is 23.2 Å². The van der Waals surface area contributed by atoms with E-state index in [1.807, 2.05) is 0 Å². The molecule has 1 aliphatic heterocycles. The molecule has 0 spiro atoms. The molecule has 0 bridgehead atoms. The maximum atomic E-state index is 11.9. The topological polar surface area (TPSA) is 111 Å². The summed E-state index contributed by atoms with van der Waals surface area (Å²) in [6, 6.07) is 5.26. The van der Waals surface area contributed by atoms with Crippen molar-refractivity contribution in [2.45, 2.75) is 10.9 Å². The molecule has 0 saturated carbocycles. The molecule has 0 radical (unpaired) electrons. The van der Waals surface area contributed by atoms with Crippen LogP contribution in [0.1, 0.15) is 0 Å². The number of nitrogens with two attached hydrogens (primary N) is 1. The first-order valence-electron chi connectivity index (χ1n) is 5.72. The number of morpholine rings is 1. The molecule has 20 heavy (non-hydrogen) atoms. The molecule has 1 atom stereocenters. The molecular formula is C11H16ClN3O4S. The minimum Gasteiger partial charge on any atom is -0.378 e. The third-order valence-electron chi connectivity index (χ3n) is 2.69. The molecule has 1 aromatic rings. The summed E-state index contributed by atoms with van der Waals surface area (Å²) < 4.78 is 27.3. The molecule has 0 aromatic heterocycles. The number of halogens is 1. The third-order valence-corrected chi connectivity index (χ3v) is 3.62. The van der Waals surface area contributed by atoms with Gasteiger partial charge in [0.2, 0.25) is 15.9 Å². The lowest BCUT2D eigenvalue weighted by Crippen LogP contribution is -2.48. The van der Waals surface area contributed by atoms with Gasteiger partial charge in [-0.05, 0) is 24.3 Å². The van der Waals surface area contributed by atoms with E-state index in [2.05, 4.69) is 10.6 Å². The molecule has 1 fully saturated rings. The molecule has 1 aromatic carbocycles. The van der Waals surface area contributed by atoms with Gasteiger partial charge in [0.1, 0.15) is 6.04 Å². The fourth-order valence-electron chi connectivity index (χ4n) is 1.69. The molecular weight excluding hydrogens is 306 g/mol. The van der Waals surface area contributed by atoms with Crippen LogP contribution >= 0.6 is 12.4 Å². The summed E-state index contributed by atoms with van der Waals surface area (Å²) in [4.78, 5) is 11.9. The van der Waals surface area contributed by atoms with Gasteiger partial charge in [0.15, 0.2) is 0 Å². The maximum absolute atomic E-state index is 11.9. The Kier molecular flexibility index (Phi) is 5.90. The molecule has 2 rings (SSSR count). The van der Waals surface area contributed by atoms with Crippen LogP contribution in [0.25, 0.3) is 0 Å². The van der Waals surface area contributed by atoms with Crippen LogP contribution in [-0.4, -0.2) is 40.1 Å². The summed E-state index contributed by atoms with van der Waals surface area (Å²) in [6.07, 6.45) is 0. The van der Waals surface area contributed by atoms with Crippen LogP contribution in [-0.2, 0) is 19.6 Å². The number of anilines is 1. The number of hydrogen-bond acceptors (Lipinski definition) is 5. The van der Waals surface area contributed by atoms with Crippen molar-refractivity contribution in [2.24, 2.45) is 5.14 Å². The lowest BCUT2D eigenvalue weighted by Gasteiger charge is -2.22. The number of ether oxygens (including phenoxy) is 1. The Balaban J connectivity index is 0.00000200. The maximum Gasteiger partial charge on any atom is 0.243 e. The van der Waals surface area contributed by atoms with Gasteiger partial charge in [-0.25, -0.2) is 13.6 Å². The van der Waals surface area contributed by atoms with Crippen molar-refractivity contribution >= 4 is 34.0 Å². The number of carbonyl (C=O) groups is 1. The highest BCUT2D eigenvalue weighted by Gasteiger charge is 2.21. The van der Waals surface area contributed by atoms with Gasteiger partial charge in [0, 0.05) is 12.2 Å². The fraction of sp³-hybridized carbons (Fsp3) is 0.364. The van der Waals surface area contributed by atoms with Crippen LogP contribution in [0, 0.1) is 0 Å². The van der Waals surface area contributed by atoms with Crippen molar-refractivity contribution in [2.75, 3.05) is 25.1 Å². The van der Waals surface area contributed by atoms with Gasteiger partial charge < -0.3 is 15.4 Å². The number of carbonyl (C=O) groups excluding carboxylic acids is 1. The minimum atomic E-state index is -3.71. The smallest absolute Gasteiger partial charge is 0.243 e. The van der Waals surface area contributed by atoms with Crippen molar-refractivity contribution in [3.8, 4) is 0 Å². The lowest BCUT2D eigenvalue weighted by molar-refractivity contribution is -0.120. The SMILES string of the molecule is Cl.NS(=O)(=O)c1ccc(NC(=O)C2COCCN2)cc1. The second kappa shape index (κ2) is 7.00. The second-order valence-electron chi connectivity index (χ2n) is 4.14. The fourth-order valence-corrected chi connectivity index (χ4v) is 2.21. The highest BCUT2D eigenvalue weighted by atomic mass is 35.5. The Morgan fingerprint density at radius 2 is 2.00 bits per heavy atom. The zero-order chi connectivity index (χ0) is 13.9. The molecule has 1 unspecified atom stereocenters. The van der Waals surface area contributed by atoms with Crippen molar-refractivity contribution in [1.29, 1.82) is 0 Å². The highest BCUT2D eigenvalue weighted by molar-refractivity contribution is 7.89. The summed E-state index contributed by atoms with van der Waals surface area (Å²) in [5.41, 5.74) is 0.504. The van der Waals surface area contributed by atoms with E-state index in [1.54, 1.807) is 0 Å². The Morgan fingerprint density at radius 1 is 1.35 bits per heavy atom. The molecule has 112 valence electrons. The first-order valence-corrected chi connectivity index (χ1v) is 7.26. The zero-order valence-electron chi connectivity index (χ0n) is 10.5.